The van der Waals surface area contributed by atoms with Gasteiger partial charge in [-0.25, -0.2) is 9.78 Å². The lowest BCUT2D eigenvalue weighted by atomic mass is 10.1. The van der Waals surface area contributed by atoms with Crippen LogP contribution < -0.4 is 0 Å². The molecule has 0 amide bonds. The van der Waals surface area contributed by atoms with Crippen molar-refractivity contribution in [3.8, 4) is 11.1 Å². The number of benzene rings is 1. The van der Waals surface area contributed by atoms with Gasteiger partial charge in [0.15, 0.2) is 5.34 Å². The first-order valence-corrected chi connectivity index (χ1v) is 5.86. The normalized spacial score (nSPS) is 9.30. The number of nitrogens with zero attached hydrogens (tertiary/aromatic N) is 2. The monoisotopic (exact) mass is 314 g/mol. The molecule has 1 heterocycles. The van der Waals surface area contributed by atoms with E-state index in [2.05, 4.69) is 4.98 Å². The molecule has 1 aromatic carbocycles. The summed E-state index contributed by atoms with van der Waals surface area (Å²) in [4.78, 5) is 22.9. The molecule has 0 bridgehead atoms. The van der Waals surface area contributed by atoms with E-state index in [-0.39, 0.29) is 10.7 Å². The highest BCUT2D eigenvalue weighted by Gasteiger charge is 2.11. The fourth-order valence-electron chi connectivity index (χ4n) is 1.40. The molecular formula is C12H8Cl2N2O4. The van der Waals surface area contributed by atoms with Crippen LogP contribution in [-0.2, 0) is 0 Å². The Hall–Kier alpha value is -2.18. The van der Waals surface area contributed by atoms with Gasteiger partial charge in [0.25, 0.3) is 0 Å². The lowest BCUT2D eigenvalue weighted by Gasteiger charge is -2.04. The number of hydrogen-bond donors (Lipinski definition) is 2. The maximum absolute atomic E-state index is 10.9. The number of carbonyl (C=O) groups is 1. The van der Waals surface area contributed by atoms with E-state index >= 15 is 0 Å². The quantitative estimate of drug-likeness (QED) is 0.497. The molecule has 0 aliphatic carbocycles. The minimum absolute atomic E-state index is 0.0147. The molecule has 0 radical (unpaired) electrons. The van der Waals surface area contributed by atoms with Crippen molar-refractivity contribution < 1.29 is 15.1 Å². The SMILES string of the molecule is O=C(O)c1cc(-c2ccc(Cl)cc2)cnc1Cl.O=NO. The van der Waals surface area contributed by atoms with Crippen molar-refractivity contribution in [3.63, 3.8) is 0 Å². The second kappa shape index (κ2) is 7.42. The van der Waals surface area contributed by atoms with Crippen LogP contribution in [-0.4, -0.2) is 21.3 Å². The second-order valence-corrected chi connectivity index (χ2v) is 4.25. The number of pyridine rings is 1. The Kier molecular flexibility index (Phi) is 5.89. The minimum atomic E-state index is -1.10. The number of aromatic carboxylic acids is 1. The third-order valence-electron chi connectivity index (χ3n) is 2.25. The molecule has 1 aromatic heterocycles. The van der Waals surface area contributed by atoms with E-state index in [1.165, 1.54) is 17.6 Å². The van der Waals surface area contributed by atoms with Gasteiger partial charge in [-0.1, -0.05) is 35.3 Å². The molecule has 0 saturated heterocycles. The molecule has 2 aromatic rings. The fourth-order valence-corrected chi connectivity index (χ4v) is 1.71. The third-order valence-corrected chi connectivity index (χ3v) is 2.80. The topological polar surface area (TPSA) is 99.8 Å². The Bertz CT molecular complexity index is 617. The van der Waals surface area contributed by atoms with E-state index in [4.69, 9.17) is 38.4 Å². The van der Waals surface area contributed by atoms with Crippen molar-refractivity contribution in [3.05, 3.63) is 57.2 Å². The molecule has 0 saturated carbocycles. The van der Waals surface area contributed by atoms with Gasteiger partial charge in [0.05, 0.1) is 5.56 Å². The second-order valence-electron chi connectivity index (χ2n) is 3.46. The van der Waals surface area contributed by atoms with Crippen molar-refractivity contribution >= 4 is 29.2 Å². The Balaban J connectivity index is 0.000000612. The van der Waals surface area contributed by atoms with Crippen molar-refractivity contribution in [2.45, 2.75) is 0 Å². The zero-order valence-corrected chi connectivity index (χ0v) is 11.3. The van der Waals surface area contributed by atoms with Crippen LogP contribution in [0, 0.1) is 4.91 Å². The van der Waals surface area contributed by atoms with Crippen LogP contribution in [0.3, 0.4) is 0 Å². The third kappa shape index (κ3) is 4.18. The highest BCUT2D eigenvalue weighted by atomic mass is 35.5. The number of carboxylic acids is 1. The van der Waals surface area contributed by atoms with Crippen LogP contribution in [0.5, 0.6) is 0 Å². The van der Waals surface area contributed by atoms with Crippen LogP contribution in [0.1, 0.15) is 10.4 Å². The highest BCUT2D eigenvalue weighted by Crippen LogP contribution is 2.24. The van der Waals surface area contributed by atoms with Gasteiger partial charge in [-0.2, -0.15) is 0 Å². The summed E-state index contributed by atoms with van der Waals surface area (Å²) in [6, 6.07) is 8.52. The predicted molar refractivity (Wildman–Crippen MR) is 74.2 cm³/mol. The maximum Gasteiger partial charge on any atom is 0.338 e. The molecule has 0 fully saturated rings. The van der Waals surface area contributed by atoms with Gasteiger partial charge >= 0.3 is 5.97 Å². The Morgan fingerprint density at radius 2 is 1.70 bits per heavy atom. The average Bonchev–Trinajstić information content (AvgIpc) is 2.41. The van der Waals surface area contributed by atoms with E-state index in [1.54, 1.807) is 24.3 Å². The lowest BCUT2D eigenvalue weighted by Crippen LogP contribution is -1.99. The zero-order chi connectivity index (χ0) is 15.1. The largest absolute Gasteiger partial charge is 0.478 e. The van der Waals surface area contributed by atoms with Gasteiger partial charge < -0.3 is 10.3 Å². The lowest BCUT2D eigenvalue weighted by molar-refractivity contribution is 0.0696. The molecule has 0 aliphatic rings. The first-order valence-electron chi connectivity index (χ1n) is 5.11. The molecule has 8 heteroatoms. The van der Waals surface area contributed by atoms with Crippen molar-refractivity contribution in [1.29, 1.82) is 0 Å². The standard InChI is InChI=1S/C12H7Cl2NO2.HNO2/c13-9-3-1-7(2-4-9)8-5-10(12(16)17)11(14)15-6-8;2-1-3/h1-6H,(H,16,17);(H,2,3). The van der Waals surface area contributed by atoms with Gasteiger partial charge in [-0.15, -0.1) is 4.91 Å². The predicted octanol–water partition coefficient (Wildman–Crippen LogP) is 3.90. The van der Waals surface area contributed by atoms with Crippen molar-refractivity contribution in [2.24, 2.45) is 5.34 Å². The summed E-state index contributed by atoms with van der Waals surface area (Å²) in [5.74, 6) is -1.10. The van der Waals surface area contributed by atoms with Crippen LogP contribution in [0.25, 0.3) is 11.1 Å². The number of rotatable bonds is 2. The smallest absolute Gasteiger partial charge is 0.338 e. The van der Waals surface area contributed by atoms with Gasteiger partial charge in [-0.05, 0) is 23.8 Å². The molecule has 0 unspecified atom stereocenters. The molecular weight excluding hydrogens is 307 g/mol. The fraction of sp³-hybridized carbons (Fsp3) is 0. The van der Waals surface area contributed by atoms with Crippen LogP contribution in [0.15, 0.2) is 41.9 Å². The Morgan fingerprint density at radius 1 is 1.15 bits per heavy atom. The Morgan fingerprint density at radius 3 is 2.20 bits per heavy atom. The average molecular weight is 315 g/mol. The molecule has 2 rings (SSSR count). The molecule has 20 heavy (non-hydrogen) atoms. The van der Waals surface area contributed by atoms with Gasteiger partial charge in [0.2, 0.25) is 0 Å². The molecule has 104 valence electrons. The summed E-state index contributed by atoms with van der Waals surface area (Å²) < 4.78 is 0. The summed E-state index contributed by atoms with van der Waals surface area (Å²) in [6.45, 7) is 0. The minimum Gasteiger partial charge on any atom is -0.478 e. The molecule has 2 N–H and O–H groups in total. The summed E-state index contributed by atoms with van der Waals surface area (Å²) in [5, 5.41) is 17.4. The summed E-state index contributed by atoms with van der Waals surface area (Å²) >= 11 is 11.5. The summed E-state index contributed by atoms with van der Waals surface area (Å²) in [7, 11) is 0. The summed E-state index contributed by atoms with van der Waals surface area (Å²) in [5.41, 5.74) is 1.50. The van der Waals surface area contributed by atoms with E-state index in [0.29, 0.717) is 10.6 Å². The first kappa shape index (κ1) is 15.9. The number of halogens is 2. The maximum atomic E-state index is 10.9. The molecule has 0 spiro atoms. The van der Waals surface area contributed by atoms with E-state index in [0.717, 1.165) is 5.56 Å². The van der Waals surface area contributed by atoms with Crippen molar-refractivity contribution in [2.75, 3.05) is 0 Å². The molecule has 0 aliphatic heterocycles. The van der Waals surface area contributed by atoms with Crippen LogP contribution in [0.2, 0.25) is 10.2 Å². The highest BCUT2D eigenvalue weighted by molar-refractivity contribution is 6.32. The van der Waals surface area contributed by atoms with Crippen LogP contribution in [0.4, 0.5) is 0 Å². The molecule has 0 atom stereocenters. The van der Waals surface area contributed by atoms with Gasteiger partial charge in [-0.3, -0.25) is 0 Å². The molecule has 6 nitrogen and oxygen atoms in total. The first-order chi connectivity index (χ1) is 9.49. The summed E-state index contributed by atoms with van der Waals surface area (Å²) in [6.07, 6.45) is 1.53. The van der Waals surface area contributed by atoms with E-state index in [1.807, 2.05) is 0 Å². The zero-order valence-electron chi connectivity index (χ0n) is 9.83. The van der Waals surface area contributed by atoms with Crippen LogP contribution >= 0.6 is 23.2 Å². The number of carboxylic acid groups (broad SMARTS) is 1. The van der Waals surface area contributed by atoms with Gasteiger partial charge in [0, 0.05) is 16.8 Å². The Labute approximate surface area is 123 Å². The van der Waals surface area contributed by atoms with Crippen molar-refractivity contribution in [1.82, 2.24) is 4.98 Å². The number of aromatic nitrogens is 1. The van der Waals surface area contributed by atoms with E-state index in [9.17, 15) is 4.79 Å². The van der Waals surface area contributed by atoms with E-state index < -0.39 is 5.97 Å². The van der Waals surface area contributed by atoms with Gasteiger partial charge in [0.1, 0.15) is 5.15 Å². The number of hydrogen-bond acceptors (Lipinski definition) is 4.